The van der Waals surface area contributed by atoms with E-state index < -0.39 is 40.9 Å². The second-order valence-corrected chi connectivity index (χ2v) is 8.03. The van der Waals surface area contributed by atoms with Gasteiger partial charge in [-0.05, 0) is 31.9 Å². The highest BCUT2D eigenvalue weighted by Gasteiger charge is 2.56. The van der Waals surface area contributed by atoms with Gasteiger partial charge < -0.3 is 10.6 Å². The van der Waals surface area contributed by atoms with Crippen molar-refractivity contribution in [1.29, 1.82) is 0 Å². The Morgan fingerprint density at radius 3 is 2.62 bits per heavy atom. The molecule has 1 amide bonds. The number of amides is 1. The number of halogens is 4. The number of rotatable bonds is 2. The lowest BCUT2D eigenvalue weighted by Gasteiger charge is -2.49. The van der Waals surface area contributed by atoms with E-state index >= 15 is 4.39 Å². The van der Waals surface area contributed by atoms with Gasteiger partial charge in [0.25, 0.3) is 5.91 Å². The van der Waals surface area contributed by atoms with Crippen molar-refractivity contribution in [2.75, 3.05) is 0 Å². The molecule has 1 aromatic carbocycles. The van der Waals surface area contributed by atoms with Gasteiger partial charge in [0, 0.05) is 5.57 Å². The van der Waals surface area contributed by atoms with Crippen LogP contribution in [0.2, 0.25) is 0 Å². The normalized spacial score (nSPS) is 30.3. The summed E-state index contributed by atoms with van der Waals surface area (Å²) in [6.07, 6.45) is -5.17. The fraction of sp³-hybridized carbons (Fsp3) is 0.450. The zero-order valence-corrected chi connectivity index (χ0v) is 16.1. The number of benzene rings is 1. The molecule has 3 unspecified atom stereocenters. The van der Waals surface area contributed by atoms with Crippen LogP contribution in [-0.4, -0.2) is 23.8 Å². The van der Waals surface area contributed by atoms with Gasteiger partial charge in [-0.15, -0.1) is 0 Å². The van der Waals surface area contributed by atoms with Gasteiger partial charge >= 0.3 is 6.18 Å². The van der Waals surface area contributed by atoms with Crippen LogP contribution in [0.3, 0.4) is 0 Å². The quantitative estimate of drug-likeness (QED) is 0.723. The molecule has 3 atom stereocenters. The molecular formula is C20H20F4N4O. The Hall–Kier alpha value is -2.71. The molecule has 154 valence electrons. The number of carbonyl (C=O) groups is 1. The third-order valence-corrected chi connectivity index (χ3v) is 5.92. The highest BCUT2D eigenvalue weighted by atomic mass is 19.4. The molecule has 0 spiro atoms. The molecule has 0 saturated carbocycles. The zero-order valence-electron chi connectivity index (χ0n) is 16.1. The van der Waals surface area contributed by atoms with Crippen molar-refractivity contribution in [1.82, 2.24) is 10.6 Å². The second-order valence-electron chi connectivity index (χ2n) is 8.03. The van der Waals surface area contributed by atoms with Gasteiger partial charge in [-0.3, -0.25) is 4.79 Å². The van der Waals surface area contributed by atoms with Gasteiger partial charge in [0.1, 0.15) is 0 Å². The van der Waals surface area contributed by atoms with E-state index in [-0.39, 0.29) is 23.3 Å². The largest absolute Gasteiger partial charge is 0.416 e. The molecule has 9 heteroatoms. The number of nitrogens with zero attached hydrogens (tertiary/aromatic N) is 2. The van der Waals surface area contributed by atoms with Crippen LogP contribution < -0.4 is 10.6 Å². The Bertz CT molecular complexity index is 979. The van der Waals surface area contributed by atoms with E-state index in [0.29, 0.717) is 5.57 Å². The minimum Gasteiger partial charge on any atom is -0.359 e. The minimum absolute atomic E-state index is 0.0565. The first-order chi connectivity index (χ1) is 13.5. The molecule has 0 saturated heterocycles. The third-order valence-electron chi connectivity index (χ3n) is 5.92. The predicted molar refractivity (Wildman–Crippen MR) is 97.4 cm³/mol. The van der Waals surface area contributed by atoms with E-state index in [1.807, 2.05) is 0 Å². The van der Waals surface area contributed by atoms with Gasteiger partial charge in [0.05, 0.1) is 34.0 Å². The molecule has 1 aromatic rings. The molecule has 3 aliphatic rings. The first-order valence-corrected chi connectivity index (χ1v) is 9.28. The number of azo groups is 1. The smallest absolute Gasteiger partial charge is 0.359 e. The van der Waals surface area contributed by atoms with E-state index in [1.54, 1.807) is 20.8 Å². The minimum atomic E-state index is -4.55. The molecule has 2 N–H and O–H groups in total. The van der Waals surface area contributed by atoms with Crippen molar-refractivity contribution in [3.05, 3.63) is 58.4 Å². The Kier molecular flexibility index (Phi) is 4.15. The summed E-state index contributed by atoms with van der Waals surface area (Å²) in [5.74, 6) is -0.517. The van der Waals surface area contributed by atoms with E-state index in [1.165, 1.54) is 18.3 Å². The number of fused-ring (bicyclic) bond motifs is 1. The van der Waals surface area contributed by atoms with E-state index in [9.17, 15) is 18.0 Å². The van der Waals surface area contributed by atoms with E-state index in [2.05, 4.69) is 20.9 Å². The fourth-order valence-corrected chi connectivity index (χ4v) is 4.49. The molecule has 0 bridgehead atoms. The maximum absolute atomic E-state index is 15.4. The average Bonchev–Trinajstić information content (AvgIpc) is 3.12. The molecule has 4 rings (SSSR count). The van der Waals surface area contributed by atoms with E-state index in [0.717, 1.165) is 12.1 Å². The fourth-order valence-electron chi connectivity index (χ4n) is 4.49. The first-order valence-electron chi connectivity index (χ1n) is 9.28. The summed E-state index contributed by atoms with van der Waals surface area (Å²) < 4.78 is 55.6. The van der Waals surface area contributed by atoms with Crippen LogP contribution in [0.4, 0.5) is 17.6 Å². The van der Waals surface area contributed by atoms with Crippen molar-refractivity contribution >= 4 is 5.91 Å². The van der Waals surface area contributed by atoms with E-state index in [4.69, 9.17) is 0 Å². The van der Waals surface area contributed by atoms with Gasteiger partial charge in [0.15, 0.2) is 12.3 Å². The maximum atomic E-state index is 15.4. The summed E-state index contributed by atoms with van der Waals surface area (Å²) in [6, 6.07) is 4.83. The van der Waals surface area contributed by atoms with Gasteiger partial charge in [-0.2, -0.15) is 23.4 Å². The molecule has 3 heterocycles. The summed E-state index contributed by atoms with van der Waals surface area (Å²) >= 11 is 0. The lowest BCUT2D eigenvalue weighted by molar-refractivity contribution is -0.137. The Labute approximate surface area is 165 Å². The summed E-state index contributed by atoms with van der Waals surface area (Å²) in [4.78, 5) is 13.1. The van der Waals surface area contributed by atoms with Crippen molar-refractivity contribution < 1.29 is 22.4 Å². The Morgan fingerprint density at radius 2 is 1.97 bits per heavy atom. The van der Waals surface area contributed by atoms with Crippen LogP contribution >= 0.6 is 0 Å². The highest BCUT2D eigenvalue weighted by Crippen LogP contribution is 2.52. The molecule has 0 fully saturated rings. The number of nitrogens with one attached hydrogen (secondary N) is 2. The van der Waals surface area contributed by atoms with Gasteiger partial charge in [-0.25, -0.2) is 4.39 Å². The number of hydrogen-bond acceptors (Lipinski definition) is 4. The monoisotopic (exact) mass is 408 g/mol. The van der Waals surface area contributed by atoms with Crippen LogP contribution in [0.5, 0.6) is 0 Å². The summed E-state index contributed by atoms with van der Waals surface area (Å²) in [5.41, 5.74) is -2.36. The number of alkyl halides is 4. The van der Waals surface area contributed by atoms with Crippen LogP contribution in [0, 0.1) is 0 Å². The molecule has 0 radical (unpaired) electrons. The lowest BCUT2D eigenvalue weighted by atomic mass is 9.61. The third kappa shape index (κ3) is 2.70. The Balaban J connectivity index is 2.02. The zero-order chi connectivity index (χ0) is 21.2. The molecule has 29 heavy (non-hydrogen) atoms. The SMILES string of the molecule is CCC1(c2cccc(C(F)(F)F)c2)C2=CN=NC2NC2=C1C(=O)NC(C)(C)C2F. The molecule has 0 aromatic heterocycles. The molecule has 0 aliphatic carbocycles. The molecular weight excluding hydrogens is 388 g/mol. The van der Waals surface area contributed by atoms with Crippen LogP contribution in [-0.2, 0) is 16.4 Å². The lowest BCUT2D eigenvalue weighted by Crippen LogP contribution is -2.63. The van der Waals surface area contributed by atoms with Crippen molar-refractivity contribution in [2.24, 2.45) is 10.2 Å². The highest BCUT2D eigenvalue weighted by molar-refractivity contribution is 6.00. The maximum Gasteiger partial charge on any atom is 0.416 e. The van der Waals surface area contributed by atoms with Gasteiger partial charge in [-0.1, -0.05) is 25.1 Å². The van der Waals surface area contributed by atoms with Crippen molar-refractivity contribution in [2.45, 2.75) is 56.7 Å². The average molecular weight is 408 g/mol. The second kappa shape index (κ2) is 6.14. The number of hydrogen-bond donors (Lipinski definition) is 2. The summed E-state index contributed by atoms with van der Waals surface area (Å²) in [6.45, 7) is 4.87. The van der Waals surface area contributed by atoms with Crippen molar-refractivity contribution in [3.63, 3.8) is 0 Å². The van der Waals surface area contributed by atoms with Gasteiger partial charge in [0.2, 0.25) is 0 Å². The predicted octanol–water partition coefficient (Wildman–Crippen LogP) is 4.13. The topological polar surface area (TPSA) is 65.8 Å². The summed E-state index contributed by atoms with van der Waals surface area (Å²) in [7, 11) is 0. The Morgan fingerprint density at radius 1 is 1.24 bits per heavy atom. The first kappa shape index (κ1) is 19.6. The summed E-state index contributed by atoms with van der Waals surface area (Å²) in [5, 5.41) is 13.6. The van der Waals surface area contributed by atoms with Crippen LogP contribution in [0.1, 0.15) is 38.3 Å². The van der Waals surface area contributed by atoms with Crippen LogP contribution in [0.25, 0.3) is 0 Å². The molecule has 3 aliphatic heterocycles. The standard InChI is InChI=1S/C20H20F4N4O/c1-4-19(10-6-5-7-11(8-10)20(22,23)24)12-9-25-28-16(12)26-14-13(19)17(29)27-18(2,3)15(14)21/h5-9,15-16,26H,4H2,1-3H3,(H,27,29). The number of carbonyl (C=O) groups excluding carboxylic acids is 1. The van der Waals surface area contributed by atoms with Crippen molar-refractivity contribution in [3.8, 4) is 0 Å². The van der Waals surface area contributed by atoms with Crippen LogP contribution in [0.15, 0.2) is 57.5 Å². The molecule has 5 nitrogen and oxygen atoms in total.